The number of benzene rings is 2. The van der Waals surface area contributed by atoms with Crippen LogP contribution in [0.1, 0.15) is 37.8 Å². The maximum atomic E-state index is 13.7. The molecule has 0 spiro atoms. The molecule has 1 saturated carbocycles. The van der Waals surface area contributed by atoms with Crippen molar-refractivity contribution in [3.63, 3.8) is 0 Å². The maximum Gasteiger partial charge on any atom is 0.352 e. The zero-order valence-corrected chi connectivity index (χ0v) is 19.9. The summed E-state index contributed by atoms with van der Waals surface area (Å²) in [4.78, 5) is 54.1. The molecule has 0 radical (unpaired) electrons. The molecule has 0 amide bonds. The number of hydrogen-bond donors (Lipinski definition) is 1. The first-order chi connectivity index (χ1) is 17.2. The lowest BCUT2D eigenvalue weighted by molar-refractivity contribution is -0.139. The number of ketones is 2. The van der Waals surface area contributed by atoms with Crippen molar-refractivity contribution in [1.82, 2.24) is 13.9 Å². The monoisotopic (exact) mass is 483 g/mol. The molecule has 0 bridgehead atoms. The SMILES string of the molecule is CC1=CC(=O)[C@@]2(C)[C@@H](c3ccc(O)cc3)C3=CCn4c(=O)n(-c5ccccc5)c(=O)n4[C@@H]3C[C@H]2C1=O. The summed E-state index contributed by atoms with van der Waals surface area (Å²) >= 11 is 0. The number of nitrogens with zero attached hydrogens (tertiary/aromatic N) is 3. The fourth-order valence-corrected chi connectivity index (χ4v) is 6.39. The van der Waals surface area contributed by atoms with Gasteiger partial charge in [0.25, 0.3) is 0 Å². The molecule has 6 rings (SSSR count). The fourth-order valence-electron chi connectivity index (χ4n) is 6.39. The minimum atomic E-state index is -1.05. The number of Topliss-reactive ketones (excluding diaryl/α,β-unsaturated/α-hetero) is 1. The Bertz CT molecular complexity index is 1600. The van der Waals surface area contributed by atoms with Crippen molar-refractivity contribution < 1.29 is 14.7 Å². The van der Waals surface area contributed by atoms with Gasteiger partial charge in [-0.15, -0.1) is 0 Å². The molecule has 36 heavy (non-hydrogen) atoms. The van der Waals surface area contributed by atoms with Crippen molar-refractivity contribution in [3.05, 3.63) is 104 Å². The van der Waals surface area contributed by atoms with Gasteiger partial charge < -0.3 is 5.11 Å². The fraction of sp³-hybridized carbons (Fsp3) is 0.286. The molecular formula is C28H25N3O5. The highest BCUT2D eigenvalue weighted by Crippen LogP contribution is 2.59. The molecule has 8 heteroatoms. The Morgan fingerprint density at radius 1 is 0.944 bits per heavy atom. The molecule has 1 aromatic heterocycles. The van der Waals surface area contributed by atoms with Crippen LogP contribution in [0.15, 0.2) is 87.5 Å². The molecule has 2 aliphatic carbocycles. The van der Waals surface area contributed by atoms with Crippen LogP contribution in [0.2, 0.25) is 0 Å². The Labute approximate surface area is 206 Å². The third-order valence-corrected chi connectivity index (χ3v) is 8.18. The number of phenolic OH excluding ortho intramolecular Hbond substituents is 1. The first-order valence-electron chi connectivity index (χ1n) is 12.0. The third-order valence-electron chi connectivity index (χ3n) is 8.18. The van der Waals surface area contributed by atoms with Crippen molar-refractivity contribution in [2.45, 2.75) is 38.8 Å². The van der Waals surface area contributed by atoms with E-state index in [1.54, 1.807) is 55.5 Å². The predicted molar refractivity (Wildman–Crippen MR) is 132 cm³/mol. The molecule has 1 aliphatic heterocycles. The smallest absolute Gasteiger partial charge is 0.352 e. The minimum Gasteiger partial charge on any atom is -0.508 e. The number of allylic oxidation sites excluding steroid dienone is 4. The van der Waals surface area contributed by atoms with Gasteiger partial charge in [0.15, 0.2) is 11.6 Å². The zero-order chi connectivity index (χ0) is 25.4. The van der Waals surface area contributed by atoms with E-state index in [0.717, 1.165) is 15.7 Å². The Morgan fingerprint density at radius 3 is 2.33 bits per heavy atom. The van der Waals surface area contributed by atoms with Crippen LogP contribution in [0.4, 0.5) is 0 Å². The van der Waals surface area contributed by atoms with E-state index in [4.69, 9.17) is 0 Å². The van der Waals surface area contributed by atoms with Gasteiger partial charge in [0.2, 0.25) is 0 Å². The van der Waals surface area contributed by atoms with Crippen LogP contribution < -0.4 is 11.4 Å². The molecule has 0 saturated heterocycles. The summed E-state index contributed by atoms with van der Waals surface area (Å²) in [6.07, 6.45) is 3.59. The van der Waals surface area contributed by atoms with Gasteiger partial charge in [0, 0.05) is 11.8 Å². The van der Waals surface area contributed by atoms with E-state index in [2.05, 4.69) is 0 Å². The lowest BCUT2D eigenvalue weighted by Gasteiger charge is -2.52. The summed E-state index contributed by atoms with van der Waals surface area (Å²) in [5.74, 6) is -1.31. The second kappa shape index (κ2) is 7.65. The molecule has 2 aromatic carbocycles. The van der Waals surface area contributed by atoms with Gasteiger partial charge in [-0.05, 0) is 60.4 Å². The molecule has 2 heterocycles. The molecule has 4 atom stereocenters. The lowest BCUT2D eigenvalue weighted by atomic mass is 9.51. The number of hydrogen-bond acceptors (Lipinski definition) is 5. The van der Waals surface area contributed by atoms with Crippen molar-refractivity contribution in [1.29, 1.82) is 0 Å². The Hall–Kier alpha value is -4.20. The lowest BCUT2D eigenvalue weighted by Crippen LogP contribution is -2.54. The highest BCUT2D eigenvalue weighted by molar-refractivity contribution is 6.13. The summed E-state index contributed by atoms with van der Waals surface area (Å²) in [6, 6.07) is 14.8. The predicted octanol–water partition coefficient (Wildman–Crippen LogP) is 2.90. The summed E-state index contributed by atoms with van der Waals surface area (Å²) in [6.45, 7) is 3.65. The highest BCUT2D eigenvalue weighted by atomic mass is 16.3. The van der Waals surface area contributed by atoms with Gasteiger partial charge in [-0.25, -0.2) is 23.5 Å². The number of carbonyl (C=O) groups is 2. The molecule has 3 aromatic rings. The minimum absolute atomic E-state index is 0.0946. The molecule has 3 aliphatic rings. The molecular weight excluding hydrogens is 458 g/mol. The first-order valence-corrected chi connectivity index (χ1v) is 12.0. The van der Waals surface area contributed by atoms with E-state index >= 15 is 0 Å². The Balaban J connectivity index is 1.59. The third kappa shape index (κ3) is 2.87. The number of carbonyl (C=O) groups excluding carboxylic acids is 2. The van der Waals surface area contributed by atoms with Gasteiger partial charge in [0.05, 0.1) is 23.7 Å². The van der Waals surface area contributed by atoms with E-state index in [1.165, 1.54) is 15.4 Å². The largest absolute Gasteiger partial charge is 0.508 e. The van der Waals surface area contributed by atoms with E-state index in [1.807, 2.05) is 19.1 Å². The van der Waals surface area contributed by atoms with E-state index in [9.17, 15) is 24.3 Å². The Kier molecular flexibility index (Phi) is 4.73. The van der Waals surface area contributed by atoms with Crippen LogP contribution in [-0.2, 0) is 16.1 Å². The first kappa shape index (κ1) is 22.3. The molecule has 1 N–H and O–H groups in total. The van der Waals surface area contributed by atoms with Gasteiger partial charge in [-0.2, -0.15) is 0 Å². The second-order valence-corrected chi connectivity index (χ2v) is 10.0. The molecule has 1 fully saturated rings. The molecule has 182 valence electrons. The van der Waals surface area contributed by atoms with Crippen LogP contribution in [0.3, 0.4) is 0 Å². The average Bonchev–Trinajstić information content (AvgIpc) is 3.13. The number of rotatable bonds is 2. The van der Waals surface area contributed by atoms with Crippen LogP contribution >= 0.6 is 0 Å². The van der Waals surface area contributed by atoms with Gasteiger partial charge in [-0.1, -0.05) is 43.3 Å². The topological polar surface area (TPSA) is 103 Å². The molecule has 8 nitrogen and oxygen atoms in total. The van der Waals surface area contributed by atoms with Crippen LogP contribution in [0.5, 0.6) is 5.75 Å². The summed E-state index contributed by atoms with van der Waals surface area (Å²) in [7, 11) is 0. The molecule has 0 unspecified atom stereocenters. The van der Waals surface area contributed by atoms with E-state index in [-0.39, 0.29) is 30.3 Å². The van der Waals surface area contributed by atoms with Crippen molar-refractivity contribution in [2.75, 3.05) is 0 Å². The standard InChI is InChI=1S/C28H25N3O5/c1-16-14-23(33)28(2)21(25(16)34)15-22-20(24(28)17-8-10-19(32)11-9-17)12-13-29-26(35)30(27(36)31(22)29)18-6-4-3-5-7-18/h3-12,14,21-22,24,32H,13,15H2,1-2H3/t21-,22+,24-,28-/m0/s1. The Morgan fingerprint density at radius 2 is 1.64 bits per heavy atom. The number of aromatic hydroxyl groups is 1. The zero-order valence-electron chi connectivity index (χ0n) is 19.9. The van der Waals surface area contributed by atoms with E-state index < -0.39 is 34.7 Å². The number of para-hydroxylation sites is 1. The number of fused-ring (bicyclic) bond motifs is 4. The van der Waals surface area contributed by atoms with Gasteiger partial charge >= 0.3 is 11.4 Å². The highest BCUT2D eigenvalue weighted by Gasteiger charge is 2.59. The van der Waals surface area contributed by atoms with Gasteiger partial charge in [-0.3, -0.25) is 9.59 Å². The number of aromatic nitrogens is 3. The summed E-state index contributed by atoms with van der Waals surface area (Å²) in [5.41, 5.74) is 0.514. The summed E-state index contributed by atoms with van der Waals surface area (Å²) in [5, 5.41) is 9.89. The quantitative estimate of drug-likeness (QED) is 0.565. The van der Waals surface area contributed by atoms with Crippen LogP contribution in [-0.4, -0.2) is 30.6 Å². The van der Waals surface area contributed by atoms with Gasteiger partial charge in [0.1, 0.15) is 5.75 Å². The second-order valence-electron chi connectivity index (χ2n) is 10.0. The maximum absolute atomic E-state index is 13.7. The van der Waals surface area contributed by atoms with Crippen molar-refractivity contribution in [3.8, 4) is 11.4 Å². The average molecular weight is 484 g/mol. The van der Waals surface area contributed by atoms with Crippen molar-refractivity contribution in [2.24, 2.45) is 11.3 Å². The summed E-state index contributed by atoms with van der Waals surface area (Å²) < 4.78 is 4.03. The van der Waals surface area contributed by atoms with E-state index in [0.29, 0.717) is 11.3 Å². The van der Waals surface area contributed by atoms with Crippen LogP contribution in [0.25, 0.3) is 5.69 Å². The number of phenols is 1. The normalized spacial score (nSPS) is 27.0. The van der Waals surface area contributed by atoms with Crippen LogP contribution in [0, 0.1) is 11.3 Å². The van der Waals surface area contributed by atoms with Crippen molar-refractivity contribution >= 4 is 11.6 Å².